The number of anilines is 1. The third-order valence-corrected chi connectivity index (χ3v) is 4.00. The summed E-state index contributed by atoms with van der Waals surface area (Å²) in [6.45, 7) is 2.18. The lowest BCUT2D eigenvalue weighted by Gasteiger charge is -2.28. The first-order chi connectivity index (χ1) is 8.04. The second kappa shape index (κ2) is 5.27. The molecule has 0 spiro atoms. The van der Waals surface area contributed by atoms with Gasteiger partial charge in [0.1, 0.15) is 0 Å². The number of nitrogens with zero attached hydrogens (tertiary/aromatic N) is 1. The highest BCUT2D eigenvalue weighted by Crippen LogP contribution is 2.21. The summed E-state index contributed by atoms with van der Waals surface area (Å²) in [7, 11) is 1.76. The van der Waals surface area contributed by atoms with Gasteiger partial charge in [-0.15, -0.1) is 0 Å². The molecule has 0 bridgehead atoms. The van der Waals surface area contributed by atoms with Gasteiger partial charge in [0, 0.05) is 29.5 Å². The van der Waals surface area contributed by atoms with Gasteiger partial charge in [0.15, 0.2) is 0 Å². The average molecular weight is 274 g/mol. The van der Waals surface area contributed by atoms with Gasteiger partial charge in [0.25, 0.3) is 0 Å². The van der Waals surface area contributed by atoms with Crippen LogP contribution in [0.5, 0.6) is 0 Å². The van der Waals surface area contributed by atoms with Crippen LogP contribution in [0.3, 0.4) is 0 Å². The van der Waals surface area contributed by atoms with E-state index in [1.807, 2.05) is 24.3 Å². The molecule has 0 aromatic heterocycles. The maximum Gasteiger partial charge on any atom is 0.236 e. The lowest BCUT2D eigenvalue weighted by atomic mass is 10.1. The summed E-state index contributed by atoms with van der Waals surface area (Å²) in [5.41, 5.74) is 1.90. The van der Waals surface area contributed by atoms with E-state index < -0.39 is 9.05 Å². The first-order valence-corrected chi connectivity index (χ1v) is 8.29. The highest BCUT2D eigenvalue weighted by atomic mass is 35.7. The van der Waals surface area contributed by atoms with Crippen LogP contribution in [0.2, 0.25) is 0 Å². The summed E-state index contributed by atoms with van der Waals surface area (Å²) >= 11 is 0. The van der Waals surface area contributed by atoms with Gasteiger partial charge in [0.05, 0.1) is 5.75 Å². The van der Waals surface area contributed by atoms with Crippen molar-refractivity contribution < 1.29 is 8.42 Å². The zero-order valence-corrected chi connectivity index (χ0v) is 11.2. The van der Waals surface area contributed by atoms with Crippen LogP contribution in [-0.2, 0) is 14.8 Å². The van der Waals surface area contributed by atoms with E-state index in [1.165, 1.54) is 24.9 Å². The topological polar surface area (TPSA) is 37.4 Å². The molecule has 1 aliphatic rings. The Bertz CT molecular complexity index is 464. The molecule has 1 fully saturated rings. The molecule has 0 amide bonds. The Morgan fingerprint density at radius 2 is 1.65 bits per heavy atom. The molecule has 94 valence electrons. The molecule has 0 N–H and O–H groups in total. The van der Waals surface area contributed by atoms with E-state index in [9.17, 15) is 8.42 Å². The van der Waals surface area contributed by atoms with Crippen LogP contribution in [0.4, 0.5) is 5.69 Å². The molecule has 3 nitrogen and oxygen atoms in total. The fourth-order valence-electron chi connectivity index (χ4n) is 2.15. The first kappa shape index (κ1) is 12.7. The predicted octanol–water partition coefficient (Wildman–Crippen LogP) is 2.75. The van der Waals surface area contributed by atoms with Gasteiger partial charge in [-0.05, 0) is 37.0 Å². The smallest absolute Gasteiger partial charge is 0.236 e. The molecule has 5 heteroatoms. The van der Waals surface area contributed by atoms with Gasteiger partial charge < -0.3 is 4.90 Å². The van der Waals surface area contributed by atoms with Crippen molar-refractivity contribution in [3.05, 3.63) is 29.8 Å². The van der Waals surface area contributed by atoms with Gasteiger partial charge in [-0.1, -0.05) is 12.1 Å². The van der Waals surface area contributed by atoms with Crippen molar-refractivity contribution >= 4 is 25.4 Å². The van der Waals surface area contributed by atoms with E-state index in [-0.39, 0.29) is 5.75 Å². The predicted molar refractivity (Wildman–Crippen MR) is 71.0 cm³/mol. The van der Waals surface area contributed by atoms with Crippen molar-refractivity contribution in [2.24, 2.45) is 0 Å². The van der Waals surface area contributed by atoms with Crippen molar-refractivity contribution in [1.82, 2.24) is 0 Å². The Kier molecular flexibility index (Phi) is 3.94. The largest absolute Gasteiger partial charge is 0.372 e. The second-order valence-corrected chi connectivity index (χ2v) is 7.17. The van der Waals surface area contributed by atoms with Gasteiger partial charge in [-0.2, -0.15) is 0 Å². The van der Waals surface area contributed by atoms with Crippen LogP contribution in [0.1, 0.15) is 24.8 Å². The van der Waals surface area contributed by atoms with Gasteiger partial charge in [0.2, 0.25) is 9.05 Å². The zero-order valence-electron chi connectivity index (χ0n) is 9.60. The maximum absolute atomic E-state index is 10.9. The van der Waals surface area contributed by atoms with Crippen molar-refractivity contribution in [2.45, 2.75) is 25.0 Å². The minimum absolute atomic E-state index is 0.102. The SMILES string of the molecule is O=S(=O)(Cl)Cc1ccc(N2CCCCC2)cc1. The minimum Gasteiger partial charge on any atom is -0.372 e. The van der Waals surface area contributed by atoms with Gasteiger partial charge >= 0.3 is 0 Å². The fraction of sp³-hybridized carbons (Fsp3) is 0.500. The van der Waals surface area contributed by atoms with Gasteiger partial charge in [-0.25, -0.2) is 8.42 Å². The van der Waals surface area contributed by atoms with E-state index in [1.54, 1.807) is 0 Å². The minimum atomic E-state index is -3.46. The Morgan fingerprint density at radius 1 is 1.06 bits per heavy atom. The summed E-state index contributed by atoms with van der Waals surface area (Å²) in [5, 5.41) is 0. The fourth-order valence-corrected chi connectivity index (χ4v) is 3.12. The van der Waals surface area contributed by atoms with E-state index in [0.29, 0.717) is 0 Å². The molecule has 0 atom stereocenters. The molecule has 0 radical (unpaired) electrons. The van der Waals surface area contributed by atoms with Crippen LogP contribution < -0.4 is 4.90 Å². The molecule has 1 aromatic carbocycles. The van der Waals surface area contributed by atoms with Crippen LogP contribution in [-0.4, -0.2) is 21.5 Å². The lowest BCUT2D eigenvalue weighted by molar-refractivity contribution is 0.578. The van der Waals surface area contributed by atoms with Crippen LogP contribution >= 0.6 is 10.7 Å². The van der Waals surface area contributed by atoms with Crippen LogP contribution in [0.25, 0.3) is 0 Å². The van der Waals surface area contributed by atoms with Gasteiger partial charge in [-0.3, -0.25) is 0 Å². The summed E-state index contributed by atoms with van der Waals surface area (Å²) in [5.74, 6) is -0.102. The Hall–Kier alpha value is -0.740. The molecule has 1 aliphatic heterocycles. The standard InChI is InChI=1S/C12H16ClNO2S/c13-17(15,16)10-11-4-6-12(7-5-11)14-8-2-1-3-9-14/h4-7H,1-3,8-10H2. The molecule has 0 saturated carbocycles. The van der Waals surface area contributed by atoms with Crippen LogP contribution in [0, 0.1) is 0 Å². The summed E-state index contributed by atoms with van der Waals surface area (Å²) in [6.07, 6.45) is 3.77. The normalized spacial score (nSPS) is 17.1. The third-order valence-electron chi connectivity index (χ3n) is 3.00. The number of hydrogen-bond acceptors (Lipinski definition) is 3. The maximum atomic E-state index is 10.9. The summed E-state index contributed by atoms with van der Waals surface area (Å²) in [4.78, 5) is 2.34. The van der Waals surface area contributed by atoms with E-state index >= 15 is 0 Å². The number of rotatable bonds is 3. The molecule has 0 unspecified atom stereocenters. The van der Waals surface area contributed by atoms with Crippen molar-refractivity contribution in [3.8, 4) is 0 Å². The molecule has 17 heavy (non-hydrogen) atoms. The van der Waals surface area contributed by atoms with Crippen LogP contribution in [0.15, 0.2) is 24.3 Å². The molecule has 1 aromatic rings. The molecule has 0 aliphatic carbocycles. The number of benzene rings is 1. The number of piperidine rings is 1. The molecular weight excluding hydrogens is 258 g/mol. The quantitative estimate of drug-likeness (QED) is 0.795. The van der Waals surface area contributed by atoms with Crippen molar-refractivity contribution in [1.29, 1.82) is 0 Å². The summed E-state index contributed by atoms with van der Waals surface area (Å²) < 4.78 is 21.9. The molecule has 1 heterocycles. The third kappa shape index (κ3) is 3.89. The van der Waals surface area contributed by atoms with E-state index in [2.05, 4.69) is 4.90 Å². The van der Waals surface area contributed by atoms with E-state index in [0.717, 1.165) is 18.7 Å². The second-order valence-electron chi connectivity index (χ2n) is 4.40. The molecule has 1 saturated heterocycles. The molecule has 2 rings (SSSR count). The summed E-state index contributed by atoms with van der Waals surface area (Å²) in [6, 6.07) is 7.62. The number of hydrogen-bond donors (Lipinski definition) is 0. The van der Waals surface area contributed by atoms with Crippen molar-refractivity contribution in [3.63, 3.8) is 0 Å². The highest BCUT2D eigenvalue weighted by molar-refractivity contribution is 8.13. The molecular formula is C12H16ClNO2S. The number of halogens is 1. The first-order valence-electron chi connectivity index (χ1n) is 5.81. The van der Waals surface area contributed by atoms with E-state index in [4.69, 9.17) is 10.7 Å². The Morgan fingerprint density at radius 3 is 2.18 bits per heavy atom. The monoisotopic (exact) mass is 273 g/mol. The Balaban J connectivity index is 2.07. The van der Waals surface area contributed by atoms with Crippen molar-refractivity contribution in [2.75, 3.05) is 18.0 Å². The highest BCUT2D eigenvalue weighted by Gasteiger charge is 2.11. The zero-order chi connectivity index (χ0) is 12.3. The lowest BCUT2D eigenvalue weighted by Crippen LogP contribution is -2.29. The Labute approximate surface area is 107 Å². The average Bonchev–Trinajstić information content (AvgIpc) is 2.29.